The van der Waals surface area contributed by atoms with E-state index >= 15 is 0 Å². The molecule has 150 valence electrons. The van der Waals surface area contributed by atoms with Crippen molar-refractivity contribution in [2.45, 2.75) is 59.4 Å². The van der Waals surface area contributed by atoms with Crippen LogP contribution in [0.15, 0.2) is 52.5 Å². The van der Waals surface area contributed by atoms with Gasteiger partial charge in [-0.25, -0.2) is 4.99 Å². The molecular weight excluding hydrogens is 364 g/mol. The molecule has 0 unspecified atom stereocenters. The number of carbonyl (C=O) groups is 1. The van der Waals surface area contributed by atoms with E-state index in [0.717, 1.165) is 24.1 Å². The van der Waals surface area contributed by atoms with Crippen molar-refractivity contribution in [3.05, 3.63) is 69.1 Å². The molecule has 1 heterocycles. The number of thiophene rings is 1. The molecule has 0 bridgehead atoms. The van der Waals surface area contributed by atoms with E-state index in [1.165, 1.54) is 16.7 Å². The number of nitrogens with zero attached hydrogens (tertiary/aromatic N) is 2. The summed E-state index contributed by atoms with van der Waals surface area (Å²) in [6.07, 6.45) is 6.48. The quantitative estimate of drug-likeness (QED) is 0.429. The number of aliphatic imine (C=N–C) groups is 1. The SMILES string of the molecule is CCc1cc(CC/C=C(/N=C/c2cccs2)C(=O)N(C)C(C)(C)C)ccc1C. The summed E-state index contributed by atoms with van der Waals surface area (Å²) in [5.41, 5.74) is 4.29. The normalized spacial score (nSPS) is 12.6. The molecule has 0 saturated carbocycles. The zero-order chi connectivity index (χ0) is 20.7. The van der Waals surface area contributed by atoms with Crippen molar-refractivity contribution < 1.29 is 4.79 Å². The lowest BCUT2D eigenvalue weighted by Crippen LogP contribution is -2.43. The Labute approximate surface area is 173 Å². The van der Waals surface area contributed by atoms with Crippen molar-refractivity contribution in [1.29, 1.82) is 0 Å². The highest BCUT2D eigenvalue weighted by atomic mass is 32.1. The fourth-order valence-electron chi connectivity index (χ4n) is 2.81. The third-order valence-electron chi connectivity index (χ3n) is 4.97. The van der Waals surface area contributed by atoms with Crippen LogP contribution in [0.1, 0.15) is 55.7 Å². The van der Waals surface area contributed by atoms with Gasteiger partial charge in [-0.2, -0.15) is 0 Å². The lowest BCUT2D eigenvalue weighted by atomic mass is 10.00. The van der Waals surface area contributed by atoms with Gasteiger partial charge in [0, 0.05) is 23.7 Å². The Bertz CT molecular complexity index is 842. The van der Waals surface area contributed by atoms with Gasteiger partial charge in [0.1, 0.15) is 5.70 Å². The number of likely N-dealkylation sites (N-methyl/N-ethyl adjacent to an activating group) is 1. The molecule has 0 N–H and O–H groups in total. The topological polar surface area (TPSA) is 32.7 Å². The first kappa shape index (κ1) is 22.1. The molecule has 0 fully saturated rings. The predicted molar refractivity (Wildman–Crippen MR) is 121 cm³/mol. The van der Waals surface area contributed by atoms with E-state index in [2.05, 4.69) is 37.0 Å². The third kappa shape index (κ3) is 6.16. The van der Waals surface area contributed by atoms with Gasteiger partial charge in [-0.05, 0) is 75.1 Å². The Morgan fingerprint density at radius 2 is 2.00 bits per heavy atom. The zero-order valence-electron chi connectivity index (χ0n) is 18.0. The van der Waals surface area contributed by atoms with E-state index in [9.17, 15) is 4.79 Å². The van der Waals surface area contributed by atoms with E-state index in [1.54, 1.807) is 22.5 Å². The average Bonchev–Trinajstić information content (AvgIpc) is 3.17. The second-order valence-corrected chi connectivity index (χ2v) is 9.03. The molecule has 0 aliphatic carbocycles. The Hall–Kier alpha value is -2.20. The summed E-state index contributed by atoms with van der Waals surface area (Å²) in [6.45, 7) is 10.4. The molecule has 0 aliphatic rings. The van der Waals surface area contributed by atoms with Crippen molar-refractivity contribution in [2.75, 3.05) is 7.05 Å². The van der Waals surface area contributed by atoms with Gasteiger partial charge in [-0.15, -0.1) is 11.3 Å². The second-order valence-electron chi connectivity index (χ2n) is 8.05. The van der Waals surface area contributed by atoms with Gasteiger partial charge >= 0.3 is 0 Å². The van der Waals surface area contributed by atoms with Crippen molar-refractivity contribution in [3.63, 3.8) is 0 Å². The van der Waals surface area contributed by atoms with E-state index in [4.69, 9.17) is 0 Å². The first-order valence-electron chi connectivity index (χ1n) is 9.86. The maximum absolute atomic E-state index is 13.0. The number of hydrogen-bond acceptors (Lipinski definition) is 3. The van der Waals surface area contributed by atoms with E-state index in [1.807, 2.05) is 51.4 Å². The van der Waals surface area contributed by atoms with Crippen LogP contribution in [-0.2, 0) is 17.6 Å². The number of aryl methyl sites for hydroxylation is 3. The number of benzene rings is 1. The molecule has 0 radical (unpaired) electrons. The number of allylic oxidation sites excluding steroid dienone is 1. The fraction of sp³-hybridized carbons (Fsp3) is 0.417. The van der Waals surface area contributed by atoms with Crippen molar-refractivity contribution in [2.24, 2.45) is 4.99 Å². The third-order valence-corrected chi connectivity index (χ3v) is 5.78. The van der Waals surface area contributed by atoms with Crippen LogP contribution in [-0.4, -0.2) is 29.6 Å². The van der Waals surface area contributed by atoms with Crippen LogP contribution in [0.25, 0.3) is 0 Å². The fourth-order valence-corrected chi connectivity index (χ4v) is 3.39. The predicted octanol–water partition coefficient (Wildman–Crippen LogP) is 5.81. The number of hydrogen-bond donors (Lipinski definition) is 0. The summed E-state index contributed by atoms with van der Waals surface area (Å²) in [5.74, 6) is -0.0431. The Morgan fingerprint density at radius 3 is 2.61 bits per heavy atom. The molecule has 1 aromatic heterocycles. The molecular formula is C24H32N2OS. The minimum absolute atomic E-state index is 0.0431. The van der Waals surface area contributed by atoms with Crippen molar-refractivity contribution in [1.82, 2.24) is 4.90 Å². The lowest BCUT2D eigenvalue weighted by Gasteiger charge is -2.32. The highest BCUT2D eigenvalue weighted by molar-refractivity contribution is 7.11. The minimum atomic E-state index is -0.248. The summed E-state index contributed by atoms with van der Waals surface area (Å²) < 4.78 is 0. The first-order chi connectivity index (χ1) is 13.2. The zero-order valence-corrected chi connectivity index (χ0v) is 18.8. The molecule has 0 saturated heterocycles. The molecule has 0 aliphatic heterocycles. The molecule has 3 nitrogen and oxygen atoms in total. The van der Waals surface area contributed by atoms with Gasteiger partial charge in [-0.3, -0.25) is 4.79 Å². The smallest absolute Gasteiger partial charge is 0.272 e. The summed E-state index contributed by atoms with van der Waals surface area (Å²) in [5, 5.41) is 2.01. The first-order valence-corrected chi connectivity index (χ1v) is 10.7. The molecule has 0 atom stereocenters. The van der Waals surface area contributed by atoms with Gasteiger partial charge in [0.05, 0.1) is 0 Å². The Balaban J connectivity index is 2.19. The summed E-state index contributed by atoms with van der Waals surface area (Å²) >= 11 is 1.62. The average molecular weight is 397 g/mol. The van der Waals surface area contributed by atoms with E-state index in [0.29, 0.717) is 5.70 Å². The van der Waals surface area contributed by atoms with Crippen LogP contribution in [0.3, 0.4) is 0 Å². The standard InChI is InChI=1S/C24H32N2OS/c1-7-20-16-19(14-13-18(20)2)10-8-12-22(23(27)26(6)24(3,4)5)25-17-21-11-9-15-28-21/h9,11-17H,7-8,10H2,1-6H3/b22-12+,25-17+. The Morgan fingerprint density at radius 1 is 1.25 bits per heavy atom. The molecule has 2 aromatic rings. The largest absolute Gasteiger partial charge is 0.336 e. The Kier molecular flexibility index (Phi) is 7.76. The molecule has 0 spiro atoms. The van der Waals surface area contributed by atoms with Crippen LogP contribution < -0.4 is 0 Å². The highest BCUT2D eigenvalue weighted by Gasteiger charge is 2.24. The van der Waals surface area contributed by atoms with Crippen LogP contribution in [0.4, 0.5) is 0 Å². The number of carbonyl (C=O) groups excluding carboxylic acids is 1. The number of amides is 1. The van der Waals surface area contributed by atoms with E-state index in [-0.39, 0.29) is 11.4 Å². The molecule has 1 aromatic carbocycles. The summed E-state index contributed by atoms with van der Waals surface area (Å²) in [4.78, 5) is 20.3. The maximum Gasteiger partial charge on any atom is 0.272 e. The monoisotopic (exact) mass is 396 g/mol. The van der Waals surface area contributed by atoms with Gasteiger partial charge in [0.25, 0.3) is 5.91 Å². The van der Waals surface area contributed by atoms with Gasteiger partial charge in [0.2, 0.25) is 0 Å². The summed E-state index contributed by atoms with van der Waals surface area (Å²) in [7, 11) is 1.84. The highest BCUT2D eigenvalue weighted by Crippen LogP contribution is 2.18. The van der Waals surface area contributed by atoms with Gasteiger partial charge < -0.3 is 4.90 Å². The van der Waals surface area contributed by atoms with Crippen LogP contribution in [0.5, 0.6) is 0 Å². The second kappa shape index (κ2) is 9.83. The number of rotatable bonds is 7. The van der Waals surface area contributed by atoms with Crippen molar-refractivity contribution in [3.8, 4) is 0 Å². The summed E-state index contributed by atoms with van der Waals surface area (Å²) in [6, 6.07) is 10.6. The van der Waals surface area contributed by atoms with Gasteiger partial charge in [0.15, 0.2) is 0 Å². The maximum atomic E-state index is 13.0. The van der Waals surface area contributed by atoms with Crippen LogP contribution in [0, 0.1) is 6.92 Å². The van der Waals surface area contributed by atoms with E-state index < -0.39 is 0 Å². The lowest BCUT2D eigenvalue weighted by molar-refractivity contribution is -0.129. The molecule has 28 heavy (non-hydrogen) atoms. The van der Waals surface area contributed by atoms with Gasteiger partial charge in [-0.1, -0.05) is 37.3 Å². The molecule has 1 amide bonds. The molecule has 4 heteroatoms. The molecule has 2 rings (SSSR count). The minimum Gasteiger partial charge on any atom is -0.336 e. The van der Waals surface area contributed by atoms with Crippen molar-refractivity contribution >= 4 is 23.5 Å². The van der Waals surface area contributed by atoms with Crippen LogP contribution >= 0.6 is 11.3 Å². The van der Waals surface area contributed by atoms with Crippen LogP contribution in [0.2, 0.25) is 0 Å².